The average Bonchev–Trinajstić information content (AvgIpc) is 2.69. The fraction of sp³-hybridized carbons (Fsp3) is 0.235. The molecule has 0 radical (unpaired) electrons. The van der Waals surface area contributed by atoms with E-state index in [0.29, 0.717) is 11.6 Å². The Morgan fingerprint density at radius 1 is 1.14 bits per heavy atom. The number of para-hydroxylation sites is 1. The van der Waals surface area contributed by atoms with Gasteiger partial charge in [-0.05, 0) is 11.6 Å². The van der Waals surface area contributed by atoms with E-state index in [4.69, 9.17) is 22.7 Å². The van der Waals surface area contributed by atoms with E-state index in [0.717, 1.165) is 30.9 Å². The predicted octanol–water partition coefficient (Wildman–Crippen LogP) is 2.72. The zero-order chi connectivity index (χ0) is 14.7. The first kappa shape index (κ1) is 14.0. The lowest BCUT2D eigenvalue weighted by molar-refractivity contribution is 0.219. The second kappa shape index (κ2) is 6.24. The van der Waals surface area contributed by atoms with Crippen molar-refractivity contribution in [1.29, 1.82) is 0 Å². The van der Waals surface area contributed by atoms with Crippen LogP contribution in [-0.4, -0.2) is 23.0 Å². The van der Waals surface area contributed by atoms with Gasteiger partial charge in [-0.2, -0.15) is 0 Å². The molecule has 1 aliphatic heterocycles. The molecule has 4 heteroatoms. The fourth-order valence-corrected chi connectivity index (χ4v) is 2.85. The van der Waals surface area contributed by atoms with Crippen LogP contribution in [0.2, 0.25) is 0 Å². The molecular weight excluding hydrogens is 280 g/mol. The summed E-state index contributed by atoms with van der Waals surface area (Å²) in [5, 5.41) is 0. The SMILES string of the molecule is NC(=S)c1ccccc1CN1CCOc2ccccc2C1. The maximum absolute atomic E-state index is 5.82. The standard InChI is InChI=1S/C17H18N2OS/c18-17(21)15-7-3-1-5-13(15)11-19-9-10-20-16-8-4-2-6-14(16)12-19/h1-8H,9-12H2,(H2,18,21). The molecule has 108 valence electrons. The third-order valence-corrected chi connectivity index (χ3v) is 3.93. The van der Waals surface area contributed by atoms with Crippen molar-refractivity contribution in [3.63, 3.8) is 0 Å². The van der Waals surface area contributed by atoms with Crippen LogP contribution in [0.4, 0.5) is 0 Å². The molecule has 0 aromatic heterocycles. The number of nitrogens with two attached hydrogens (primary N) is 1. The van der Waals surface area contributed by atoms with Gasteiger partial charge in [0.1, 0.15) is 17.3 Å². The van der Waals surface area contributed by atoms with E-state index in [1.165, 1.54) is 11.1 Å². The van der Waals surface area contributed by atoms with Crippen LogP contribution in [0, 0.1) is 0 Å². The summed E-state index contributed by atoms with van der Waals surface area (Å²) in [4.78, 5) is 2.82. The summed E-state index contributed by atoms with van der Waals surface area (Å²) in [6.07, 6.45) is 0. The Bertz CT molecular complexity index is 657. The molecule has 1 heterocycles. The van der Waals surface area contributed by atoms with Crippen molar-refractivity contribution in [2.24, 2.45) is 5.73 Å². The smallest absolute Gasteiger partial charge is 0.123 e. The fourth-order valence-electron chi connectivity index (χ4n) is 2.65. The van der Waals surface area contributed by atoms with Crippen LogP contribution in [0.1, 0.15) is 16.7 Å². The summed E-state index contributed by atoms with van der Waals surface area (Å²) >= 11 is 5.14. The number of rotatable bonds is 3. The molecule has 3 rings (SSSR count). The molecule has 0 bridgehead atoms. The Balaban J connectivity index is 1.81. The molecule has 2 aromatic carbocycles. The van der Waals surface area contributed by atoms with Crippen molar-refractivity contribution in [2.75, 3.05) is 13.2 Å². The van der Waals surface area contributed by atoms with Crippen LogP contribution in [0.15, 0.2) is 48.5 Å². The van der Waals surface area contributed by atoms with Crippen LogP contribution in [0.5, 0.6) is 5.75 Å². The normalized spacial score (nSPS) is 14.9. The summed E-state index contributed by atoms with van der Waals surface area (Å²) in [7, 11) is 0. The third kappa shape index (κ3) is 3.23. The van der Waals surface area contributed by atoms with E-state index < -0.39 is 0 Å². The number of thiocarbonyl (C=S) groups is 1. The second-order valence-electron chi connectivity index (χ2n) is 5.19. The van der Waals surface area contributed by atoms with Gasteiger partial charge < -0.3 is 10.5 Å². The molecule has 0 amide bonds. The number of hydrogen-bond donors (Lipinski definition) is 1. The number of hydrogen-bond acceptors (Lipinski definition) is 3. The first-order chi connectivity index (χ1) is 10.2. The largest absolute Gasteiger partial charge is 0.492 e. The molecular formula is C17H18N2OS. The molecule has 0 saturated heterocycles. The topological polar surface area (TPSA) is 38.5 Å². The van der Waals surface area contributed by atoms with Crippen molar-refractivity contribution >= 4 is 17.2 Å². The van der Waals surface area contributed by atoms with Gasteiger partial charge >= 0.3 is 0 Å². The molecule has 0 saturated carbocycles. The lowest BCUT2D eigenvalue weighted by Crippen LogP contribution is -2.26. The Morgan fingerprint density at radius 3 is 2.76 bits per heavy atom. The quantitative estimate of drug-likeness (QED) is 0.884. The molecule has 0 aliphatic carbocycles. The molecule has 21 heavy (non-hydrogen) atoms. The average molecular weight is 298 g/mol. The predicted molar refractivity (Wildman–Crippen MR) is 88.4 cm³/mol. The van der Waals surface area contributed by atoms with Gasteiger partial charge in [0.05, 0.1) is 0 Å². The van der Waals surface area contributed by atoms with Gasteiger partial charge in [-0.25, -0.2) is 0 Å². The lowest BCUT2D eigenvalue weighted by atomic mass is 10.1. The van der Waals surface area contributed by atoms with Crippen LogP contribution in [0.25, 0.3) is 0 Å². The Hall–Kier alpha value is -1.91. The Morgan fingerprint density at radius 2 is 1.90 bits per heavy atom. The first-order valence-corrected chi connectivity index (χ1v) is 7.45. The highest BCUT2D eigenvalue weighted by Crippen LogP contribution is 2.23. The highest BCUT2D eigenvalue weighted by Gasteiger charge is 2.16. The van der Waals surface area contributed by atoms with Gasteiger partial charge in [0.2, 0.25) is 0 Å². The zero-order valence-electron chi connectivity index (χ0n) is 11.8. The van der Waals surface area contributed by atoms with Gasteiger partial charge in [0.15, 0.2) is 0 Å². The molecule has 0 fully saturated rings. The van der Waals surface area contributed by atoms with Gasteiger partial charge in [-0.1, -0.05) is 54.7 Å². The van der Waals surface area contributed by atoms with Crippen molar-refractivity contribution in [1.82, 2.24) is 4.90 Å². The van der Waals surface area contributed by atoms with Crippen LogP contribution in [0.3, 0.4) is 0 Å². The van der Waals surface area contributed by atoms with Crippen molar-refractivity contribution < 1.29 is 4.74 Å². The summed E-state index contributed by atoms with van der Waals surface area (Å²) in [6, 6.07) is 16.3. The van der Waals surface area contributed by atoms with Crippen LogP contribution in [-0.2, 0) is 13.1 Å². The van der Waals surface area contributed by atoms with Gasteiger partial charge in [0.25, 0.3) is 0 Å². The third-order valence-electron chi connectivity index (χ3n) is 3.71. The van der Waals surface area contributed by atoms with Gasteiger partial charge in [0, 0.05) is 30.8 Å². The molecule has 1 aliphatic rings. The highest BCUT2D eigenvalue weighted by molar-refractivity contribution is 7.80. The molecule has 0 unspecified atom stereocenters. The van der Waals surface area contributed by atoms with E-state index in [-0.39, 0.29) is 0 Å². The Labute approximate surface area is 130 Å². The molecule has 2 aromatic rings. The number of fused-ring (bicyclic) bond motifs is 1. The monoisotopic (exact) mass is 298 g/mol. The highest BCUT2D eigenvalue weighted by atomic mass is 32.1. The maximum Gasteiger partial charge on any atom is 0.123 e. The zero-order valence-corrected chi connectivity index (χ0v) is 12.6. The summed E-state index contributed by atoms with van der Waals surface area (Å²) in [5.41, 5.74) is 9.17. The molecule has 2 N–H and O–H groups in total. The van der Waals surface area contributed by atoms with E-state index in [1.54, 1.807) is 0 Å². The van der Waals surface area contributed by atoms with Crippen LogP contribution < -0.4 is 10.5 Å². The van der Waals surface area contributed by atoms with Crippen molar-refractivity contribution in [3.05, 3.63) is 65.2 Å². The summed E-state index contributed by atoms with van der Waals surface area (Å²) in [5.74, 6) is 0.989. The van der Waals surface area contributed by atoms with E-state index in [9.17, 15) is 0 Å². The Kier molecular flexibility index (Phi) is 4.18. The van der Waals surface area contributed by atoms with E-state index in [1.807, 2.05) is 30.3 Å². The molecule has 0 atom stereocenters. The minimum absolute atomic E-state index is 0.456. The number of ether oxygens (including phenoxy) is 1. The van der Waals surface area contributed by atoms with Crippen molar-refractivity contribution in [3.8, 4) is 5.75 Å². The van der Waals surface area contributed by atoms with Gasteiger partial charge in [-0.3, -0.25) is 4.90 Å². The maximum atomic E-state index is 5.82. The van der Waals surface area contributed by atoms with Crippen LogP contribution >= 0.6 is 12.2 Å². The number of nitrogens with zero attached hydrogens (tertiary/aromatic N) is 1. The van der Waals surface area contributed by atoms with Crippen molar-refractivity contribution in [2.45, 2.75) is 13.1 Å². The first-order valence-electron chi connectivity index (χ1n) is 7.05. The lowest BCUT2D eigenvalue weighted by Gasteiger charge is -2.21. The minimum atomic E-state index is 0.456. The summed E-state index contributed by atoms with van der Waals surface area (Å²) in [6.45, 7) is 3.29. The van der Waals surface area contributed by atoms with E-state index in [2.05, 4.69) is 23.1 Å². The number of benzene rings is 2. The molecule has 0 spiro atoms. The minimum Gasteiger partial charge on any atom is -0.492 e. The second-order valence-corrected chi connectivity index (χ2v) is 5.63. The summed E-state index contributed by atoms with van der Waals surface area (Å²) < 4.78 is 5.80. The van der Waals surface area contributed by atoms with E-state index >= 15 is 0 Å². The van der Waals surface area contributed by atoms with Gasteiger partial charge in [-0.15, -0.1) is 0 Å². The molecule has 3 nitrogen and oxygen atoms in total.